The van der Waals surface area contributed by atoms with E-state index in [1.165, 1.54) is 34.6 Å². The molecule has 0 aliphatic carbocycles. The molecule has 0 bridgehead atoms. The van der Waals surface area contributed by atoms with Crippen molar-refractivity contribution in [1.82, 2.24) is 9.29 Å². The molecule has 1 aliphatic heterocycles. The SMILES string of the molecule is COc1ccc2c(c1)CN(CCCCc1ncc(Br)cc1C)S2. The van der Waals surface area contributed by atoms with Crippen LogP contribution in [-0.2, 0) is 13.0 Å². The Kier molecular flexibility index (Phi) is 5.62. The Labute approximate surface area is 150 Å². The Morgan fingerprint density at radius 2 is 2.17 bits per heavy atom. The van der Waals surface area contributed by atoms with Gasteiger partial charge in [0.15, 0.2) is 0 Å². The van der Waals surface area contributed by atoms with Crippen LogP contribution in [0.25, 0.3) is 0 Å². The zero-order valence-corrected chi connectivity index (χ0v) is 15.9. The third-order valence-electron chi connectivity index (χ3n) is 4.07. The summed E-state index contributed by atoms with van der Waals surface area (Å²) >= 11 is 5.33. The highest BCUT2D eigenvalue weighted by atomic mass is 79.9. The molecule has 1 aromatic heterocycles. The minimum absolute atomic E-state index is 0.947. The zero-order valence-electron chi connectivity index (χ0n) is 13.5. The van der Waals surface area contributed by atoms with Gasteiger partial charge in [0.05, 0.1) is 7.11 Å². The maximum absolute atomic E-state index is 5.30. The summed E-state index contributed by atoms with van der Waals surface area (Å²) in [6, 6.07) is 8.49. The van der Waals surface area contributed by atoms with Gasteiger partial charge in [-0.1, -0.05) is 0 Å². The fraction of sp³-hybridized carbons (Fsp3) is 0.389. The molecule has 0 atom stereocenters. The predicted molar refractivity (Wildman–Crippen MR) is 98.9 cm³/mol. The third kappa shape index (κ3) is 4.28. The van der Waals surface area contributed by atoms with Crippen LogP contribution in [0.4, 0.5) is 0 Å². The van der Waals surface area contributed by atoms with Crippen molar-refractivity contribution in [2.24, 2.45) is 0 Å². The number of hydrogen-bond donors (Lipinski definition) is 0. The quantitative estimate of drug-likeness (QED) is 0.509. The van der Waals surface area contributed by atoms with E-state index in [0.717, 1.165) is 29.7 Å². The highest BCUT2D eigenvalue weighted by Crippen LogP contribution is 2.37. The summed E-state index contributed by atoms with van der Waals surface area (Å²) in [6.45, 7) is 4.25. The second kappa shape index (κ2) is 7.69. The van der Waals surface area contributed by atoms with Gasteiger partial charge in [-0.25, -0.2) is 4.31 Å². The molecule has 3 rings (SSSR count). The van der Waals surface area contributed by atoms with Crippen molar-refractivity contribution in [3.05, 3.63) is 51.8 Å². The molecule has 122 valence electrons. The lowest BCUT2D eigenvalue weighted by atomic mass is 10.1. The number of halogens is 1. The Balaban J connectivity index is 1.45. The summed E-state index contributed by atoms with van der Waals surface area (Å²) in [5, 5.41) is 0. The molecule has 0 N–H and O–H groups in total. The van der Waals surface area contributed by atoms with Gasteiger partial charge in [-0.2, -0.15) is 0 Å². The van der Waals surface area contributed by atoms with Gasteiger partial charge in [-0.3, -0.25) is 4.98 Å². The molecule has 23 heavy (non-hydrogen) atoms. The summed E-state index contributed by atoms with van der Waals surface area (Å²) in [7, 11) is 1.72. The summed E-state index contributed by atoms with van der Waals surface area (Å²) in [5.74, 6) is 0.947. The Morgan fingerprint density at radius 1 is 1.30 bits per heavy atom. The van der Waals surface area contributed by atoms with Gasteiger partial charge in [-0.05, 0) is 89.5 Å². The first-order valence-corrected chi connectivity index (χ1v) is 9.43. The van der Waals surface area contributed by atoms with E-state index >= 15 is 0 Å². The normalized spacial score (nSPS) is 14.0. The number of benzene rings is 1. The van der Waals surface area contributed by atoms with E-state index in [0.29, 0.717) is 0 Å². The smallest absolute Gasteiger partial charge is 0.119 e. The van der Waals surface area contributed by atoms with Crippen molar-refractivity contribution in [1.29, 1.82) is 0 Å². The standard InChI is InChI=1S/C18H21BrN2OS/c1-13-9-15(19)11-20-17(13)5-3-4-8-21-12-14-10-16(22-2)6-7-18(14)23-21/h6-7,9-11H,3-5,8,12H2,1-2H3. The third-order valence-corrected chi connectivity index (χ3v) is 5.66. The highest BCUT2D eigenvalue weighted by Gasteiger charge is 2.20. The zero-order chi connectivity index (χ0) is 16.2. The average Bonchev–Trinajstić information content (AvgIpc) is 2.94. The maximum atomic E-state index is 5.30. The lowest BCUT2D eigenvalue weighted by Gasteiger charge is -2.13. The number of ether oxygens (including phenoxy) is 1. The number of nitrogens with zero attached hydrogens (tertiary/aromatic N) is 2. The molecule has 0 saturated heterocycles. The maximum Gasteiger partial charge on any atom is 0.119 e. The van der Waals surface area contributed by atoms with Crippen molar-refractivity contribution >= 4 is 27.9 Å². The molecule has 0 unspecified atom stereocenters. The first-order valence-electron chi connectivity index (χ1n) is 7.86. The molecule has 1 aromatic carbocycles. The van der Waals surface area contributed by atoms with Gasteiger partial charge in [0, 0.05) is 34.3 Å². The van der Waals surface area contributed by atoms with E-state index in [-0.39, 0.29) is 0 Å². The predicted octanol–water partition coefficient (Wildman–Crippen LogP) is 5.01. The first kappa shape index (κ1) is 16.8. The van der Waals surface area contributed by atoms with E-state index in [9.17, 15) is 0 Å². The Hall–Kier alpha value is -1.04. The number of pyridine rings is 1. The van der Waals surface area contributed by atoms with Crippen LogP contribution in [-0.4, -0.2) is 22.9 Å². The van der Waals surface area contributed by atoms with Crippen LogP contribution in [0.2, 0.25) is 0 Å². The Morgan fingerprint density at radius 3 is 2.96 bits per heavy atom. The number of fused-ring (bicyclic) bond motifs is 1. The van der Waals surface area contributed by atoms with E-state index in [2.05, 4.69) is 50.3 Å². The highest BCUT2D eigenvalue weighted by molar-refractivity contribution is 9.10. The number of rotatable bonds is 6. The summed E-state index contributed by atoms with van der Waals surface area (Å²) < 4.78 is 8.80. The molecule has 5 heteroatoms. The summed E-state index contributed by atoms with van der Waals surface area (Å²) in [5.41, 5.74) is 3.87. The lowest BCUT2D eigenvalue weighted by Crippen LogP contribution is -2.12. The average molecular weight is 393 g/mol. The number of methoxy groups -OCH3 is 1. The van der Waals surface area contributed by atoms with Crippen LogP contribution >= 0.6 is 27.9 Å². The van der Waals surface area contributed by atoms with E-state index < -0.39 is 0 Å². The van der Waals surface area contributed by atoms with Crippen LogP contribution in [0.3, 0.4) is 0 Å². The summed E-state index contributed by atoms with van der Waals surface area (Å²) in [4.78, 5) is 5.88. The minimum atomic E-state index is 0.947. The van der Waals surface area contributed by atoms with E-state index in [1.807, 2.05) is 24.2 Å². The van der Waals surface area contributed by atoms with Crippen molar-refractivity contribution in [2.75, 3.05) is 13.7 Å². The van der Waals surface area contributed by atoms with Crippen molar-refractivity contribution in [3.63, 3.8) is 0 Å². The topological polar surface area (TPSA) is 25.4 Å². The first-order chi connectivity index (χ1) is 11.2. The fourth-order valence-corrected chi connectivity index (χ4v) is 4.31. The summed E-state index contributed by atoms with van der Waals surface area (Å²) in [6.07, 6.45) is 5.31. The second-order valence-corrected chi connectivity index (χ2v) is 7.86. The fourth-order valence-electron chi connectivity index (χ4n) is 2.79. The molecule has 0 spiro atoms. The second-order valence-electron chi connectivity index (χ2n) is 5.80. The molecule has 0 fully saturated rings. The van der Waals surface area contributed by atoms with Crippen LogP contribution in [0.5, 0.6) is 5.75 Å². The van der Waals surface area contributed by atoms with Crippen LogP contribution in [0.1, 0.15) is 29.7 Å². The molecular formula is C18H21BrN2OS. The van der Waals surface area contributed by atoms with Crippen LogP contribution in [0, 0.1) is 6.92 Å². The van der Waals surface area contributed by atoms with E-state index in [4.69, 9.17) is 4.74 Å². The minimum Gasteiger partial charge on any atom is -0.497 e. The van der Waals surface area contributed by atoms with Crippen molar-refractivity contribution < 1.29 is 4.74 Å². The molecule has 2 aromatic rings. The molecule has 2 heterocycles. The molecule has 1 aliphatic rings. The van der Waals surface area contributed by atoms with Gasteiger partial charge >= 0.3 is 0 Å². The number of unbranched alkanes of at least 4 members (excludes halogenated alkanes) is 1. The van der Waals surface area contributed by atoms with Crippen LogP contribution < -0.4 is 4.74 Å². The van der Waals surface area contributed by atoms with Crippen molar-refractivity contribution in [2.45, 2.75) is 37.6 Å². The molecular weight excluding hydrogens is 372 g/mol. The Bertz CT molecular complexity index is 693. The van der Waals surface area contributed by atoms with Gasteiger partial charge in [0.25, 0.3) is 0 Å². The molecule has 0 saturated carbocycles. The van der Waals surface area contributed by atoms with Gasteiger partial charge in [0.2, 0.25) is 0 Å². The molecule has 3 nitrogen and oxygen atoms in total. The number of aryl methyl sites for hydroxylation is 2. The molecule has 0 amide bonds. The largest absolute Gasteiger partial charge is 0.497 e. The lowest BCUT2D eigenvalue weighted by molar-refractivity contribution is 0.412. The van der Waals surface area contributed by atoms with Crippen LogP contribution in [0.15, 0.2) is 39.8 Å². The van der Waals surface area contributed by atoms with Gasteiger partial charge < -0.3 is 4.74 Å². The van der Waals surface area contributed by atoms with E-state index in [1.54, 1.807) is 7.11 Å². The van der Waals surface area contributed by atoms with Gasteiger partial charge in [0.1, 0.15) is 5.75 Å². The number of hydrogen-bond acceptors (Lipinski definition) is 4. The number of aromatic nitrogens is 1. The monoisotopic (exact) mass is 392 g/mol. The molecule has 0 radical (unpaired) electrons. The van der Waals surface area contributed by atoms with Crippen molar-refractivity contribution in [3.8, 4) is 5.75 Å². The van der Waals surface area contributed by atoms with Gasteiger partial charge in [-0.15, -0.1) is 0 Å².